The summed E-state index contributed by atoms with van der Waals surface area (Å²) in [7, 11) is 1.62. The van der Waals surface area contributed by atoms with Gasteiger partial charge in [-0.15, -0.1) is 0 Å². The molecule has 0 saturated heterocycles. The van der Waals surface area contributed by atoms with Gasteiger partial charge in [0.1, 0.15) is 5.69 Å². The van der Waals surface area contributed by atoms with Crippen LogP contribution >= 0.6 is 0 Å². The molecule has 0 radical (unpaired) electrons. The number of carboxylic acids is 1. The Balaban J connectivity index is 2.76. The Labute approximate surface area is 76.4 Å². The molecule has 0 saturated carbocycles. The molecule has 0 aliphatic rings. The van der Waals surface area contributed by atoms with Gasteiger partial charge in [-0.1, -0.05) is 6.92 Å². The molecule has 72 valence electrons. The first-order chi connectivity index (χ1) is 6.15. The molecule has 1 heterocycles. The molecule has 1 aromatic rings. The van der Waals surface area contributed by atoms with Crippen molar-refractivity contribution in [3.63, 3.8) is 0 Å². The van der Waals surface area contributed by atoms with Crippen LogP contribution < -0.4 is 5.32 Å². The van der Waals surface area contributed by atoms with Crippen LogP contribution in [0.15, 0.2) is 6.07 Å². The molecule has 13 heavy (non-hydrogen) atoms. The Morgan fingerprint density at radius 1 is 1.77 bits per heavy atom. The number of nitrogens with one attached hydrogen (secondary N) is 1. The average molecular weight is 183 g/mol. The minimum absolute atomic E-state index is 0.216. The van der Waals surface area contributed by atoms with E-state index in [1.807, 2.05) is 6.92 Å². The molecule has 0 aliphatic carbocycles. The maximum absolute atomic E-state index is 10.6. The lowest BCUT2D eigenvalue weighted by Crippen LogP contribution is -2.12. The fraction of sp³-hybridized carbons (Fsp3) is 0.500. The van der Waals surface area contributed by atoms with Crippen molar-refractivity contribution in [1.29, 1.82) is 0 Å². The van der Waals surface area contributed by atoms with Crippen LogP contribution in [0.5, 0.6) is 0 Å². The predicted molar refractivity (Wildman–Crippen MR) is 47.5 cm³/mol. The Morgan fingerprint density at radius 3 is 2.92 bits per heavy atom. The third-order valence-electron chi connectivity index (χ3n) is 1.71. The normalized spacial score (nSPS) is 10.3. The summed E-state index contributed by atoms with van der Waals surface area (Å²) in [5.74, 6) is -0.947. The number of carboxylic acid groups (broad SMARTS) is 1. The van der Waals surface area contributed by atoms with Gasteiger partial charge in [-0.2, -0.15) is 5.10 Å². The molecule has 0 spiro atoms. The SMILES string of the molecule is CCNCc1cc(C(=O)O)n(C)n1. The highest BCUT2D eigenvalue weighted by Crippen LogP contribution is 2.02. The third kappa shape index (κ3) is 2.29. The second-order valence-corrected chi connectivity index (χ2v) is 2.73. The van der Waals surface area contributed by atoms with Crippen LogP contribution in [0.4, 0.5) is 0 Å². The number of carbonyl (C=O) groups is 1. The van der Waals surface area contributed by atoms with Crippen LogP contribution in [0.3, 0.4) is 0 Å². The summed E-state index contributed by atoms with van der Waals surface area (Å²) < 4.78 is 1.37. The highest BCUT2D eigenvalue weighted by molar-refractivity contribution is 5.85. The van der Waals surface area contributed by atoms with E-state index in [0.717, 1.165) is 12.2 Å². The zero-order chi connectivity index (χ0) is 9.84. The highest BCUT2D eigenvalue weighted by atomic mass is 16.4. The second kappa shape index (κ2) is 4.04. The second-order valence-electron chi connectivity index (χ2n) is 2.73. The van der Waals surface area contributed by atoms with E-state index in [4.69, 9.17) is 5.11 Å². The number of hydrogen-bond donors (Lipinski definition) is 2. The van der Waals surface area contributed by atoms with Crippen LogP contribution in [0.1, 0.15) is 23.1 Å². The summed E-state index contributed by atoms with van der Waals surface area (Å²) in [4.78, 5) is 10.6. The molecular weight excluding hydrogens is 170 g/mol. The van der Waals surface area contributed by atoms with Gasteiger partial charge in [0.15, 0.2) is 0 Å². The lowest BCUT2D eigenvalue weighted by Gasteiger charge is -1.94. The van der Waals surface area contributed by atoms with Gasteiger partial charge < -0.3 is 10.4 Å². The molecule has 0 fully saturated rings. The van der Waals surface area contributed by atoms with Crippen LogP contribution in [-0.2, 0) is 13.6 Å². The van der Waals surface area contributed by atoms with Gasteiger partial charge in [0.2, 0.25) is 0 Å². The average Bonchev–Trinajstić information content (AvgIpc) is 2.43. The number of aromatic carboxylic acids is 1. The van der Waals surface area contributed by atoms with E-state index in [1.165, 1.54) is 4.68 Å². The van der Waals surface area contributed by atoms with E-state index in [2.05, 4.69) is 10.4 Å². The summed E-state index contributed by atoms with van der Waals surface area (Å²) in [6, 6.07) is 1.57. The summed E-state index contributed by atoms with van der Waals surface area (Å²) in [5.41, 5.74) is 0.967. The number of aryl methyl sites for hydroxylation is 1. The molecule has 5 nitrogen and oxygen atoms in total. The van der Waals surface area contributed by atoms with Gasteiger partial charge in [-0.25, -0.2) is 4.79 Å². The first kappa shape index (κ1) is 9.73. The standard InChI is InChI=1S/C8H13N3O2/c1-3-9-5-6-4-7(8(12)13)11(2)10-6/h4,9H,3,5H2,1-2H3,(H,12,13). The lowest BCUT2D eigenvalue weighted by atomic mass is 10.3. The Kier molecular flexibility index (Phi) is 3.02. The Bertz CT molecular complexity index is 306. The number of rotatable bonds is 4. The highest BCUT2D eigenvalue weighted by Gasteiger charge is 2.10. The van der Waals surface area contributed by atoms with Gasteiger partial charge in [0.25, 0.3) is 0 Å². The Morgan fingerprint density at radius 2 is 2.46 bits per heavy atom. The van der Waals surface area contributed by atoms with E-state index in [0.29, 0.717) is 6.54 Å². The van der Waals surface area contributed by atoms with Gasteiger partial charge >= 0.3 is 5.97 Å². The monoisotopic (exact) mass is 183 g/mol. The summed E-state index contributed by atoms with van der Waals surface area (Å²) in [5, 5.41) is 15.8. The van der Waals surface area contributed by atoms with Crippen LogP contribution in [-0.4, -0.2) is 27.4 Å². The third-order valence-corrected chi connectivity index (χ3v) is 1.71. The van der Waals surface area contributed by atoms with Crippen molar-refractivity contribution >= 4 is 5.97 Å². The quantitative estimate of drug-likeness (QED) is 0.701. The predicted octanol–water partition coefficient (Wildman–Crippen LogP) is 0.228. The minimum atomic E-state index is -0.947. The molecule has 0 aromatic carbocycles. The topological polar surface area (TPSA) is 67.2 Å². The first-order valence-corrected chi connectivity index (χ1v) is 4.12. The van der Waals surface area contributed by atoms with Crippen molar-refractivity contribution in [1.82, 2.24) is 15.1 Å². The maximum Gasteiger partial charge on any atom is 0.354 e. The van der Waals surface area contributed by atoms with E-state index in [9.17, 15) is 4.79 Å². The Hall–Kier alpha value is -1.36. The molecule has 0 amide bonds. The first-order valence-electron chi connectivity index (χ1n) is 4.12. The molecule has 0 aliphatic heterocycles. The molecule has 1 rings (SSSR count). The zero-order valence-electron chi connectivity index (χ0n) is 7.74. The van der Waals surface area contributed by atoms with Crippen LogP contribution in [0, 0.1) is 0 Å². The largest absolute Gasteiger partial charge is 0.477 e. The van der Waals surface area contributed by atoms with Crippen LogP contribution in [0.2, 0.25) is 0 Å². The van der Waals surface area contributed by atoms with Crippen molar-refractivity contribution < 1.29 is 9.90 Å². The molecule has 0 atom stereocenters. The van der Waals surface area contributed by atoms with E-state index >= 15 is 0 Å². The molecular formula is C8H13N3O2. The van der Waals surface area contributed by atoms with Gasteiger partial charge in [-0.3, -0.25) is 4.68 Å². The van der Waals surface area contributed by atoms with Crippen molar-refractivity contribution in [2.45, 2.75) is 13.5 Å². The molecule has 5 heteroatoms. The fourth-order valence-electron chi connectivity index (χ4n) is 1.07. The zero-order valence-corrected chi connectivity index (χ0v) is 7.74. The smallest absolute Gasteiger partial charge is 0.354 e. The molecule has 0 unspecified atom stereocenters. The lowest BCUT2D eigenvalue weighted by molar-refractivity contribution is 0.0685. The fourth-order valence-corrected chi connectivity index (χ4v) is 1.07. The van der Waals surface area contributed by atoms with Crippen molar-refractivity contribution in [2.24, 2.45) is 7.05 Å². The van der Waals surface area contributed by atoms with Gasteiger partial charge in [0.05, 0.1) is 5.69 Å². The summed E-state index contributed by atoms with van der Waals surface area (Å²) >= 11 is 0. The maximum atomic E-state index is 10.6. The summed E-state index contributed by atoms with van der Waals surface area (Å²) in [6.07, 6.45) is 0. The van der Waals surface area contributed by atoms with Crippen LogP contribution in [0.25, 0.3) is 0 Å². The van der Waals surface area contributed by atoms with Gasteiger partial charge in [-0.05, 0) is 12.6 Å². The molecule has 1 aromatic heterocycles. The number of hydrogen-bond acceptors (Lipinski definition) is 3. The summed E-state index contributed by atoms with van der Waals surface area (Å²) in [6.45, 7) is 3.44. The number of nitrogens with zero attached hydrogens (tertiary/aromatic N) is 2. The van der Waals surface area contributed by atoms with E-state index < -0.39 is 5.97 Å². The van der Waals surface area contributed by atoms with Crippen molar-refractivity contribution in [3.05, 3.63) is 17.5 Å². The van der Waals surface area contributed by atoms with Gasteiger partial charge in [0, 0.05) is 13.6 Å². The van der Waals surface area contributed by atoms with Crippen molar-refractivity contribution in [2.75, 3.05) is 6.54 Å². The molecule has 2 N–H and O–H groups in total. The van der Waals surface area contributed by atoms with E-state index in [1.54, 1.807) is 13.1 Å². The van der Waals surface area contributed by atoms with Crippen molar-refractivity contribution in [3.8, 4) is 0 Å². The molecule has 0 bridgehead atoms. The van der Waals surface area contributed by atoms with E-state index in [-0.39, 0.29) is 5.69 Å². The number of aromatic nitrogens is 2. The minimum Gasteiger partial charge on any atom is -0.477 e.